The Hall–Kier alpha value is -2.53. The SMILES string of the molecule is CCc1cccc(C)c1NC(=O)COC(=O)c1ccc(Cl)c(N)c1. The van der Waals surface area contributed by atoms with Crippen LogP contribution in [0.25, 0.3) is 0 Å². The summed E-state index contributed by atoms with van der Waals surface area (Å²) < 4.78 is 5.02. The second kappa shape index (κ2) is 7.84. The summed E-state index contributed by atoms with van der Waals surface area (Å²) in [7, 11) is 0. The first kappa shape index (κ1) is 17.8. The zero-order valence-electron chi connectivity index (χ0n) is 13.6. The molecule has 0 heterocycles. The Morgan fingerprint density at radius 2 is 2.00 bits per heavy atom. The maximum Gasteiger partial charge on any atom is 0.338 e. The molecule has 6 heteroatoms. The van der Waals surface area contributed by atoms with Gasteiger partial charge in [0.25, 0.3) is 5.91 Å². The van der Waals surface area contributed by atoms with Crippen LogP contribution in [0.15, 0.2) is 36.4 Å². The highest BCUT2D eigenvalue weighted by Crippen LogP contribution is 2.21. The number of nitrogens with one attached hydrogen (secondary N) is 1. The Morgan fingerprint density at radius 1 is 1.25 bits per heavy atom. The number of anilines is 2. The molecule has 2 rings (SSSR count). The Kier molecular flexibility index (Phi) is 5.82. The summed E-state index contributed by atoms with van der Waals surface area (Å²) in [4.78, 5) is 24.0. The standard InChI is InChI=1S/C18H19ClN2O3/c1-3-12-6-4-5-11(2)17(12)21-16(22)10-24-18(23)13-7-8-14(19)15(20)9-13/h4-9H,3,10,20H2,1-2H3,(H,21,22). The number of rotatable bonds is 5. The van der Waals surface area contributed by atoms with Gasteiger partial charge in [-0.3, -0.25) is 4.79 Å². The lowest BCUT2D eigenvalue weighted by Gasteiger charge is -2.13. The van der Waals surface area contributed by atoms with Crippen molar-refractivity contribution in [1.29, 1.82) is 0 Å². The van der Waals surface area contributed by atoms with Gasteiger partial charge < -0.3 is 15.8 Å². The minimum absolute atomic E-state index is 0.245. The van der Waals surface area contributed by atoms with Crippen LogP contribution in [0, 0.1) is 6.92 Å². The van der Waals surface area contributed by atoms with Gasteiger partial charge in [0.2, 0.25) is 0 Å². The van der Waals surface area contributed by atoms with Gasteiger partial charge in [0.1, 0.15) is 0 Å². The Labute approximate surface area is 145 Å². The highest BCUT2D eigenvalue weighted by atomic mass is 35.5. The second-order valence-corrected chi connectivity index (χ2v) is 5.73. The number of hydrogen-bond acceptors (Lipinski definition) is 4. The average molecular weight is 347 g/mol. The van der Waals surface area contributed by atoms with Crippen molar-refractivity contribution in [2.45, 2.75) is 20.3 Å². The Bertz CT molecular complexity index is 775. The first-order valence-electron chi connectivity index (χ1n) is 7.52. The predicted octanol–water partition coefficient (Wildman–Crippen LogP) is 3.59. The van der Waals surface area contributed by atoms with E-state index in [0.29, 0.717) is 5.02 Å². The Balaban J connectivity index is 1.98. The minimum atomic E-state index is -0.631. The molecule has 0 aliphatic heterocycles. The summed E-state index contributed by atoms with van der Waals surface area (Å²) in [5.74, 6) is -1.02. The van der Waals surface area contributed by atoms with E-state index >= 15 is 0 Å². The molecule has 0 bridgehead atoms. The van der Waals surface area contributed by atoms with Crippen LogP contribution in [0.2, 0.25) is 5.02 Å². The predicted molar refractivity (Wildman–Crippen MR) is 95.3 cm³/mol. The molecule has 0 fully saturated rings. The molecule has 5 nitrogen and oxygen atoms in total. The van der Waals surface area contributed by atoms with E-state index in [0.717, 1.165) is 23.2 Å². The number of halogens is 1. The first-order chi connectivity index (χ1) is 11.4. The highest BCUT2D eigenvalue weighted by Gasteiger charge is 2.13. The third kappa shape index (κ3) is 4.26. The van der Waals surface area contributed by atoms with Gasteiger partial charge in [0.05, 0.1) is 16.3 Å². The fraction of sp³-hybridized carbons (Fsp3) is 0.222. The molecule has 0 radical (unpaired) electrons. The van der Waals surface area contributed by atoms with Gasteiger partial charge in [-0.15, -0.1) is 0 Å². The van der Waals surface area contributed by atoms with Gasteiger partial charge in [-0.2, -0.15) is 0 Å². The number of amides is 1. The number of carbonyl (C=O) groups is 2. The van der Waals surface area contributed by atoms with Gasteiger partial charge >= 0.3 is 5.97 Å². The van der Waals surface area contributed by atoms with Gasteiger partial charge in [0, 0.05) is 5.69 Å². The molecule has 0 aliphatic carbocycles. The van der Waals surface area contributed by atoms with Crippen LogP contribution in [0.1, 0.15) is 28.4 Å². The van der Waals surface area contributed by atoms with Gasteiger partial charge in [-0.25, -0.2) is 4.79 Å². The molecular formula is C18H19ClN2O3. The van der Waals surface area contributed by atoms with E-state index in [1.54, 1.807) is 0 Å². The summed E-state index contributed by atoms with van der Waals surface area (Å²) in [6.07, 6.45) is 0.793. The third-order valence-electron chi connectivity index (χ3n) is 3.57. The molecule has 0 aromatic heterocycles. The number of carbonyl (C=O) groups excluding carboxylic acids is 2. The van der Waals surface area contributed by atoms with Crippen molar-refractivity contribution in [1.82, 2.24) is 0 Å². The number of ether oxygens (including phenoxy) is 1. The van der Waals surface area contributed by atoms with E-state index < -0.39 is 11.9 Å². The molecular weight excluding hydrogens is 328 g/mol. The Morgan fingerprint density at radius 3 is 2.67 bits per heavy atom. The summed E-state index contributed by atoms with van der Waals surface area (Å²) >= 11 is 5.81. The molecule has 3 N–H and O–H groups in total. The van der Waals surface area contributed by atoms with Crippen LogP contribution in [0.3, 0.4) is 0 Å². The van der Waals surface area contributed by atoms with Crippen molar-refractivity contribution in [2.24, 2.45) is 0 Å². The fourth-order valence-electron chi connectivity index (χ4n) is 2.26. The molecule has 0 unspecified atom stereocenters. The number of benzene rings is 2. The maximum atomic E-state index is 12.1. The lowest BCUT2D eigenvalue weighted by molar-refractivity contribution is -0.119. The van der Waals surface area contributed by atoms with E-state index in [2.05, 4.69) is 5.32 Å². The summed E-state index contributed by atoms with van der Waals surface area (Å²) in [5, 5.41) is 3.15. The van der Waals surface area contributed by atoms with Crippen molar-refractivity contribution in [2.75, 3.05) is 17.7 Å². The zero-order valence-corrected chi connectivity index (χ0v) is 14.3. The molecule has 0 atom stereocenters. The highest BCUT2D eigenvalue weighted by molar-refractivity contribution is 6.33. The number of nitrogens with two attached hydrogens (primary N) is 1. The first-order valence-corrected chi connectivity index (χ1v) is 7.90. The number of hydrogen-bond donors (Lipinski definition) is 2. The molecule has 1 amide bonds. The third-order valence-corrected chi connectivity index (χ3v) is 3.91. The number of para-hydroxylation sites is 1. The number of esters is 1. The van der Waals surface area contributed by atoms with E-state index in [1.165, 1.54) is 18.2 Å². The minimum Gasteiger partial charge on any atom is -0.452 e. The molecule has 24 heavy (non-hydrogen) atoms. The maximum absolute atomic E-state index is 12.1. The van der Waals surface area contributed by atoms with E-state index in [9.17, 15) is 9.59 Å². The van der Waals surface area contributed by atoms with Crippen molar-refractivity contribution in [3.8, 4) is 0 Å². The largest absolute Gasteiger partial charge is 0.452 e. The lowest BCUT2D eigenvalue weighted by atomic mass is 10.1. The second-order valence-electron chi connectivity index (χ2n) is 5.32. The fourth-order valence-corrected chi connectivity index (χ4v) is 2.38. The summed E-state index contributed by atoms with van der Waals surface area (Å²) in [6, 6.07) is 10.2. The molecule has 0 aliphatic rings. The molecule has 0 saturated heterocycles. The van der Waals surface area contributed by atoms with Crippen molar-refractivity contribution < 1.29 is 14.3 Å². The summed E-state index contributed by atoms with van der Waals surface area (Å²) in [6.45, 7) is 3.55. The topological polar surface area (TPSA) is 81.4 Å². The molecule has 0 saturated carbocycles. The van der Waals surface area contributed by atoms with E-state index in [-0.39, 0.29) is 17.9 Å². The number of aryl methyl sites for hydroxylation is 2. The molecule has 2 aromatic rings. The van der Waals surface area contributed by atoms with Crippen LogP contribution >= 0.6 is 11.6 Å². The van der Waals surface area contributed by atoms with Crippen LogP contribution < -0.4 is 11.1 Å². The van der Waals surface area contributed by atoms with E-state index in [4.69, 9.17) is 22.1 Å². The molecule has 2 aromatic carbocycles. The monoisotopic (exact) mass is 346 g/mol. The zero-order chi connectivity index (χ0) is 17.7. The van der Waals surface area contributed by atoms with Gasteiger partial charge in [-0.05, 0) is 42.7 Å². The van der Waals surface area contributed by atoms with Crippen LogP contribution in [-0.4, -0.2) is 18.5 Å². The van der Waals surface area contributed by atoms with Gasteiger partial charge in [-0.1, -0.05) is 36.7 Å². The van der Waals surface area contributed by atoms with E-state index in [1.807, 2.05) is 32.0 Å². The van der Waals surface area contributed by atoms with Crippen LogP contribution in [0.4, 0.5) is 11.4 Å². The summed E-state index contributed by atoms with van der Waals surface area (Å²) in [5.41, 5.74) is 8.92. The van der Waals surface area contributed by atoms with Crippen molar-refractivity contribution in [3.63, 3.8) is 0 Å². The van der Waals surface area contributed by atoms with Crippen molar-refractivity contribution in [3.05, 3.63) is 58.1 Å². The quantitative estimate of drug-likeness (QED) is 0.640. The molecule has 0 spiro atoms. The van der Waals surface area contributed by atoms with Crippen LogP contribution in [-0.2, 0) is 16.0 Å². The smallest absolute Gasteiger partial charge is 0.338 e. The normalized spacial score (nSPS) is 10.3. The van der Waals surface area contributed by atoms with Crippen LogP contribution in [0.5, 0.6) is 0 Å². The average Bonchev–Trinajstić information content (AvgIpc) is 2.57. The molecule has 126 valence electrons. The number of nitrogen functional groups attached to an aromatic ring is 1. The van der Waals surface area contributed by atoms with Gasteiger partial charge in [0.15, 0.2) is 6.61 Å². The van der Waals surface area contributed by atoms with Crippen molar-refractivity contribution >= 4 is 34.9 Å². The lowest BCUT2D eigenvalue weighted by Crippen LogP contribution is -2.22.